The van der Waals surface area contributed by atoms with Crippen molar-refractivity contribution in [1.29, 1.82) is 0 Å². The number of benzene rings is 2. The van der Waals surface area contributed by atoms with E-state index in [1.165, 1.54) is 14.2 Å². The van der Waals surface area contributed by atoms with Crippen LogP contribution in [0, 0.1) is 0 Å². The van der Waals surface area contributed by atoms with Crippen LogP contribution in [0.15, 0.2) is 85.2 Å². The van der Waals surface area contributed by atoms with E-state index >= 15 is 0 Å². The van der Waals surface area contributed by atoms with Crippen molar-refractivity contribution in [1.82, 2.24) is 14.9 Å². The predicted molar refractivity (Wildman–Crippen MR) is 154 cm³/mol. The summed E-state index contributed by atoms with van der Waals surface area (Å²) in [5, 5.41) is 16.3. The molecule has 3 heterocycles. The van der Waals surface area contributed by atoms with Crippen LogP contribution in [0.5, 0.6) is 5.75 Å². The molecular formula is C29H27N5O5S. The zero-order valence-corrected chi connectivity index (χ0v) is 22.6. The average Bonchev–Trinajstić information content (AvgIpc) is 3.58. The molecule has 0 aliphatic carbocycles. The minimum atomic E-state index is -1.01. The Morgan fingerprint density at radius 2 is 1.90 bits per heavy atom. The van der Waals surface area contributed by atoms with Gasteiger partial charge in [-0.25, -0.2) is 4.79 Å². The molecule has 10 nitrogen and oxygen atoms in total. The molecule has 1 fully saturated rings. The Hall–Kier alpha value is -4.74. The Bertz CT molecular complexity index is 1560. The number of carboxylic acid groups (broad SMARTS) is 1. The zero-order valence-electron chi connectivity index (χ0n) is 21.8. The molecule has 0 saturated carbocycles. The van der Waals surface area contributed by atoms with E-state index < -0.39 is 5.97 Å². The third-order valence-electron chi connectivity index (χ3n) is 6.56. The molecule has 1 aliphatic heterocycles. The number of methoxy groups -OCH3 is 2. The molecule has 2 aromatic heterocycles. The van der Waals surface area contributed by atoms with Gasteiger partial charge in [0.2, 0.25) is 5.91 Å². The zero-order chi connectivity index (χ0) is 28.2. The minimum absolute atomic E-state index is 0.107. The molecule has 0 bridgehead atoms. The Morgan fingerprint density at radius 3 is 2.62 bits per heavy atom. The maximum atomic E-state index is 12.3. The second kappa shape index (κ2) is 11.6. The van der Waals surface area contributed by atoms with E-state index in [1.807, 2.05) is 58.1 Å². The van der Waals surface area contributed by atoms with Gasteiger partial charge in [-0.05, 0) is 72.9 Å². The first-order chi connectivity index (χ1) is 19.4. The summed E-state index contributed by atoms with van der Waals surface area (Å²) in [4.78, 5) is 30.6. The molecule has 204 valence electrons. The molecule has 0 radical (unpaired) electrons. The van der Waals surface area contributed by atoms with Crippen molar-refractivity contribution >= 4 is 40.6 Å². The van der Waals surface area contributed by atoms with Gasteiger partial charge in [-0.15, -0.1) is 0 Å². The number of carbonyl (C=O) groups is 2. The highest BCUT2D eigenvalue weighted by Crippen LogP contribution is 2.43. The smallest absolute Gasteiger partial charge is 0.335 e. The maximum absolute atomic E-state index is 12.3. The van der Waals surface area contributed by atoms with Crippen LogP contribution in [-0.4, -0.2) is 52.5 Å². The molecule has 3 N–H and O–H groups in total. The number of hydrogen-bond donors (Lipinski definition) is 3. The lowest BCUT2D eigenvalue weighted by atomic mass is 10.0. The fraction of sp³-hybridized carbons (Fsp3) is 0.172. The number of carboxylic acids is 1. The molecule has 1 aliphatic rings. The van der Waals surface area contributed by atoms with Gasteiger partial charge >= 0.3 is 5.97 Å². The first-order valence-corrected chi connectivity index (χ1v) is 12.8. The van der Waals surface area contributed by atoms with E-state index in [-0.39, 0.29) is 30.2 Å². The van der Waals surface area contributed by atoms with Gasteiger partial charge in [-0.3, -0.25) is 9.78 Å². The third kappa shape index (κ3) is 5.24. The Morgan fingerprint density at radius 1 is 1.05 bits per heavy atom. The first-order valence-electron chi connectivity index (χ1n) is 12.4. The first kappa shape index (κ1) is 26.9. The Balaban J connectivity index is 1.64. The largest absolute Gasteiger partial charge is 0.495 e. The van der Waals surface area contributed by atoms with Crippen molar-refractivity contribution < 1.29 is 24.2 Å². The summed E-state index contributed by atoms with van der Waals surface area (Å²) >= 11 is 5.86. The molecule has 4 aromatic rings. The second-order valence-corrected chi connectivity index (χ2v) is 9.41. The normalized spacial score (nSPS) is 16.4. The number of anilines is 2. The van der Waals surface area contributed by atoms with Gasteiger partial charge in [0.15, 0.2) is 5.11 Å². The van der Waals surface area contributed by atoms with E-state index in [0.29, 0.717) is 27.9 Å². The van der Waals surface area contributed by atoms with Gasteiger partial charge in [0.1, 0.15) is 18.4 Å². The number of carbonyl (C=O) groups excluding carboxylic acids is 1. The molecule has 0 unspecified atom stereocenters. The van der Waals surface area contributed by atoms with Crippen molar-refractivity contribution in [2.24, 2.45) is 0 Å². The Kier molecular flexibility index (Phi) is 7.76. The highest BCUT2D eigenvalue weighted by Gasteiger charge is 2.42. The summed E-state index contributed by atoms with van der Waals surface area (Å²) in [6.45, 7) is -0.107. The minimum Gasteiger partial charge on any atom is -0.495 e. The molecule has 2 atom stereocenters. The van der Waals surface area contributed by atoms with Crippen LogP contribution in [-0.2, 0) is 9.53 Å². The SMILES string of the molecule is COCC(=O)Nc1cc(N2C(=S)N[C@H](c3ccccn3)[C@H]2c2cccn2-c2cccc(C(=O)O)c2)ccc1OC. The number of aromatic nitrogens is 2. The van der Waals surface area contributed by atoms with E-state index in [9.17, 15) is 14.7 Å². The maximum Gasteiger partial charge on any atom is 0.335 e. The van der Waals surface area contributed by atoms with Crippen LogP contribution in [0.3, 0.4) is 0 Å². The highest BCUT2D eigenvalue weighted by atomic mass is 32.1. The number of ether oxygens (including phenoxy) is 2. The Labute approximate surface area is 236 Å². The molecule has 0 spiro atoms. The quantitative estimate of drug-likeness (QED) is 0.258. The summed E-state index contributed by atoms with van der Waals surface area (Å²) < 4.78 is 12.4. The molecule has 1 saturated heterocycles. The molecule has 1 amide bonds. The molecule has 5 rings (SSSR count). The summed E-state index contributed by atoms with van der Waals surface area (Å²) in [6, 6.07) is 21.0. The van der Waals surface area contributed by atoms with Gasteiger partial charge in [0.25, 0.3) is 0 Å². The molecule has 2 aromatic carbocycles. The monoisotopic (exact) mass is 557 g/mol. The van der Waals surface area contributed by atoms with Crippen molar-refractivity contribution in [3.05, 3.63) is 102 Å². The number of aromatic carboxylic acids is 1. The second-order valence-electron chi connectivity index (χ2n) is 9.02. The van der Waals surface area contributed by atoms with Crippen LogP contribution < -0.4 is 20.3 Å². The van der Waals surface area contributed by atoms with Crippen molar-refractivity contribution in [2.45, 2.75) is 12.1 Å². The van der Waals surface area contributed by atoms with Gasteiger partial charge in [-0.1, -0.05) is 12.1 Å². The number of nitrogens with one attached hydrogen (secondary N) is 2. The lowest BCUT2D eigenvalue weighted by molar-refractivity contribution is -0.119. The van der Waals surface area contributed by atoms with E-state index in [1.54, 1.807) is 36.5 Å². The van der Waals surface area contributed by atoms with Gasteiger partial charge < -0.3 is 34.7 Å². The number of rotatable bonds is 9. The van der Waals surface area contributed by atoms with Crippen LogP contribution in [0.1, 0.15) is 33.8 Å². The number of amides is 1. The average molecular weight is 558 g/mol. The van der Waals surface area contributed by atoms with Crippen LogP contribution in [0.2, 0.25) is 0 Å². The van der Waals surface area contributed by atoms with Crippen molar-refractivity contribution in [3.8, 4) is 11.4 Å². The van der Waals surface area contributed by atoms with E-state index in [4.69, 9.17) is 21.7 Å². The fourth-order valence-electron chi connectivity index (χ4n) is 4.85. The molecular weight excluding hydrogens is 530 g/mol. The van der Waals surface area contributed by atoms with E-state index in [0.717, 1.165) is 11.4 Å². The third-order valence-corrected chi connectivity index (χ3v) is 6.88. The number of nitrogens with zero attached hydrogens (tertiary/aromatic N) is 3. The van der Waals surface area contributed by atoms with Crippen LogP contribution in [0.25, 0.3) is 5.69 Å². The number of thiocarbonyl (C=S) groups is 1. The lowest BCUT2D eigenvalue weighted by Crippen LogP contribution is -2.30. The standard InChI is InChI=1S/C29H27N5O5S/c1-38-17-25(35)31-22-16-20(11-12-24(22)39-2)34-27(26(32-29(34)40)21-9-3-4-13-30-21)23-10-6-14-33(23)19-8-5-7-18(15-19)28(36)37/h3-16,26-27H,17H2,1-2H3,(H,31,35)(H,32,40)(H,36,37)/t26-,27-/m1/s1. The number of pyridine rings is 1. The van der Waals surface area contributed by atoms with Crippen molar-refractivity contribution in [3.63, 3.8) is 0 Å². The molecule has 40 heavy (non-hydrogen) atoms. The predicted octanol–water partition coefficient (Wildman–Crippen LogP) is 4.34. The fourth-order valence-corrected chi connectivity index (χ4v) is 5.20. The van der Waals surface area contributed by atoms with Gasteiger partial charge in [-0.2, -0.15) is 0 Å². The summed E-state index contributed by atoms with van der Waals surface area (Å²) in [6.07, 6.45) is 3.61. The van der Waals surface area contributed by atoms with Crippen LogP contribution >= 0.6 is 12.2 Å². The highest BCUT2D eigenvalue weighted by molar-refractivity contribution is 7.80. The van der Waals surface area contributed by atoms with E-state index in [2.05, 4.69) is 15.6 Å². The van der Waals surface area contributed by atoms with Crippen LogP contribution in [0.4, 0.5) is 11.4 Å². The van der Waals surface area contributed by atoms with Gasteiger partial charge in [0, 0.05) is 36.6 Å². The summed E-state index contributed by atoms with van der Waals surface area (Å²) in [5.41, 5.74) is 3.69. The topological polar surface area (TPSA) is 118 Å². The number of hydrogen-bond acceptors (Lipinski definition) is 6. The lowest BCUT2D eigenvalue weighted by Gasteiger charge is -2.29. The van der Waals surface area contributed by atoms with Gasteiger partial charge in [0.05, 0.1) is 30.1 Å². The molecule has 11 heteroatoms. The summed E-state index contributed by atoms with van der Waals surface area (Å²) in [5.74, 6) is -0.846. The summed E-state index contributed by atoms with van der Waals surface area (Å²) in [7, 11) is 2.98. The van der Waals surface area contributed by atoms with Crippen molar-refractivity contribution in [2.75, 3.05) is 31.0 Å².